The van der Waals surface area contributed by atoms with Gasteiger partial charge in [-0.1, -0.05) is 42.5 Å². The Balaban J connectivity index is 1.80. The van der Waals surface area contributed by atoms with Crippen LogP contribution >= 0.6 is 11.6 Å². The van der Waals surface area contributed by atoms with Gasteiger partial charge in [-0.15, -0.1) is 11.6 Å². The summed E-state index contributed by atoms with van der Waals surface area (Å²) in [6.07, 6.45) is 0.795. The number of benzene rings is 2. The van der Waals surface area contributed by atoms with Crippen molar-refractivity contribution in [3.63, 3.8) is 0 Å². The third-order valence-corrected chi connectivity index (χ3v) is 4.15. The van der Waals surface area contributed by atoms with E-state index in [0.29, 0.717) is 6.54 Å². The third kappa shape index (κ3) is 3.03. The molecule has 21 heavy (non-hydrogen) atoms. The van der Waals surface area contributed by atoms with E-state index in [-0.39, 0.29) is 11.4 Å². The summed E-state index contributed by atoms with van der Waals surface area (Å²) < 4.78 is 0. The Morgan fingerprint density at radius 1 is 1.24 bits per heavy atom. The van der Waals surface area contributed by atoms with Crippen molar-refractivity contribution in [2.45, 2.75) is 18.3 Å². The van der Waals surface area contributed by atoms with Crippen LogP contribution in [-0.2, 0) is 13.0 Å². The van der Waals surface area contributed by atoms with E-state index in [1.54, 1.807) is 11.9 Å². The minimum Gasteiger partial charge on any atom is -0.323 e. The van der Waals surface area contributed by atoms with Crippen molar-refractivity contribution in [2.24, 2.45) is 0 Å². The second-order valence-electron chi connectivity index (χ2n) is 5.36. The molecular weight excluding hydrogens is 284 g/mol. The molecule has 0 saturated carbocycles. The van der Waals surface area contributed by atoms with Gasteiger partial charge in [0.05, 0.1) is 5.38 Å². The highest BCUT2D eigenvalue weighted by Gasteiger charge is 2.20. The Morgan fingerprint density at radius 3 is 2.76 bits per heavy atom. The Morgan fingerprint density at radius 2 is 2.00 bits per heavy atom. The fourth-order valence-corrected chi connectivity index (χ4v) is 2.85. The summed E-state index contributed by atoms with van der Waals surface area (Å²) in [5, 5.41) is 2.80. The lowest BCUT2D eigenvalue weighted by Gasteiger charge is -2.26. The molecule has 0 spiro atoms. The first-order valence-electron chi connectivity index (χ1n) is 6.96. The van der Waals surface area contributed by atoms with Crippen LogP contribution in [0.15, 0.2) is 48.5 Å². The number of rotatable bonds is 3. The van der Waals surface area contributed by atoms with Crippen molar-refractivity contribution in [1.29, 1.82) is 0 Å². The van der Waals surface area contributed by atoms with Gasteiger partial charge in [-0.2, -0.15) is 0 Å². The number of carbonyl (C=O) groups excluding carboxylic acids is 1. The quantitative estimate of drug-likeness (QED) is 0.847. The number of halogens is 1. The van der Waals surface area contributed by atoms with Gasteiger partial charge in [0.2, 0.25) is 0 Å². The number of carbonyl (C=O) groups is 1. The Kier molecular flexibility index (Phi) is 3.84. The van der Waals surface area contributed by atoms with Crippen LogP contribution in [0.2, 0.25) is 0 Å². The average molecular weight is 301 g/mol. The summed E-state index contributed by atoms with van der Waals surface area (Å²) >= 11 is 6.55. The van der Waals surface area contributed by atoms with Gasteiger partial charge >= 0.3 is 6.03 Å². The van der Waals surface area contributed by atoms with Gasteiger partial charge in [0.1, 0.15) is 0 Å². The zero-order chi connectivity index (χ0) is 14.8. The van der Waals surface area contributed by atoms with Gasteiger partial charge < -0.3 is 10.2 Å². The Bertz CT molecular complexity index is 657. The normalized spacial score (nSPS) is 15.3. The first-order chi connectivity index (χ1) is 10.1. The number of amides is 2. The highest BCUT2D eigenvalue weighted by molar-refractivity contribution is 6.21. The molecule has 4 heteroatoms. The number of urea groups is 1. The molecule has 0 aliphatic carbocycles. The number of nitrogens with one attached hydrogen (secondary N) is 1. The van der Waals surface area contributed by atoms with Crippen LogP contribution in [0.5, 0.6) is 0 Å². The minimum absolute atomic E-state index is 0.0676. The minimum atomic E-state index is -0.0689. The monoisotopic (exact) mass is 300 g/mol. The summed E-state index contributed by atoms with van der Waals surface area (Å²) in [4.78, 5) is 13.3. The van der Waals surface area contributed by atoms with Gasteiger partial charge in [-0.3, -0.25) is 0 Å². The topological polar surface area (TPSA) is 32.3 Å². The van der Waals surface area contributed by atoms with Crippen LogP contribution in [-0.4, -0.2) is 18.0 Å². The lowest BCUT2D eigenvalue weighted by atomic mass is 10.00. The van der Waals surface area contributed by atoms with Crippen LogP contribution in [0.4, 0.5) is 10.5 Å². The van der Waals surface area contributed by atoms with Gasteiger partial charge in [-0.25, -0.2) is 4.79 Å². The average Bonchev–Trinajstić information content (AvgIpc) is 2.49. The molecule has 2 aromatic rings. The lowest BCUT2D eigenvalue weighted by Crippen LogP contribution is -2.35. The predicted octanol–water partition coefficient (Wildman–Crippen LogP) is 4.19. The SMILES string of the molecule is CN1Cc2cc(C(Cl)Cc3ccccc3)ccc2NC1=O. The summed E-state index contributed by atoms with van der Waals surface area (Å²) in [6.45, 7) is 0.615. The van der Waals surface area contributed by atoms with Gasteiger partial charge in [0.25, 0.3) is 0 Å². The molecule has 1 N–H and O–H groups in total. The predicted molar refractivity (Wildman–Crippen MR) is 85.7 cm³/mol. The number of fused-ring (bicyclic) bond motifs is 1. The highest BCUT2D eigenvalue weighted by atomic mass is 35.5. The number of hydrogen-bond donors (Lipinski definition) is 1. The second kappa shape index (κ2) is 5.78. The zero-order valence-corrected chi connectivity index (χ0v) is 12.6. The molecule has 3 rings (SSSR count). The van der Waals surface area contributed by atoms with Gasteiger partial charge in [-0.05, 0) is 29.2 Å². The van der Waals surface area contributed by atoms with Crippen LogP contribution in [0, 0.1) is 0 Å². The second-order valence-corrected chi connectivity index (χ2v) is 5.89. The molecule has 2 aromatic carbocycles. The highest BCUT2D eigenvalue weighted by Crippen LogP contribution is 2.30. The van der Waals surface area contributed by atoms with E-state index >= 15 is 0 Å². The number of alkyl halides is 1. The van der Waals surface area contributed by atoms with E-state index in [1.165, 1.54) is 5.56 Å². The summed E-state index contributed by atoms with van der Waals surface area (Å²) in [5.74, 6) is 0. The maximum atomic E-state index is 11.6. The fourth-order valence-electron chi connectivity index (χ4n) is 2.54. The first-order valence-corrected chi connectivity index (χ1v) is 7.40. The van der Waals surface area contributed by atoms with Crippen molar-refractivity contribution in [3.05, 3.63) is 65.2 Å². The van der Waals surface area contributed by atoms with E-state index in [9.17, 15) is 4.79 Å². The summed E-state index contributed by atoms with van der Waals surface area (Å²) in [5.41, 5.74) is 4.29. The number of hydrogen-bond acceptors (Lipinski definition) is 1. The molecule has 0 aromatic heterocycles. The zero-order valence-electron chi connectivity index (χ0n) is 11.8. The maximum absolute atomic E-state index is 11.6. The smallest absolute Gasteiger partial charge is 0.321 e. The van der Waals surface area contributed by atoms with E-state index in [0.717, 1.165) is 23.2 Å². The number of anilines is 1. The largest absolute Gasteiger partial charge is 0.323 e. The van der Waals surface area contributed by atoms with E-state index in [2.05, 4.69) is 23.5 Å². The molecular formula is C17H17ClN2O. The molecule has 0 saturated heterocycles. The van der Waals surface area contributed by atoms with Crippen LogP contribution in [0.1, 0.15) is 22.1 Å². The molecule has 2 amide bonds. The lowest BCUT2D eigenvalue weighted by molar-refractivity contribution is 0.218. The molecule has 1 aliphatic heterocycles. The Labute approximate surface area is 129 Å². The Hall–Kier alpha value is -2.00. The molecule has 108 valence electrons. The van der Waals surface area contributed by atoms with Crippen LogP contribution < -0.4 is 5.32 Å². The van der Waals surface area contributed by atoms with E-state index in [1.807, 2.05) is 30.3 Å². The molecule has 0 bridgehead atoms. The molecule has 0 radical (unpaired) electrons. The molecule has 1 heterocycles. The van der Waals surface area contributed by atoms with Crippen molar-refractivity contribution >= 4 is 23.3 Å². The fraction of sp³-hybridized carbons (Fsp3) is 0.235. The van der Waals surface area contributed by atoms with Crippen molar-refractivity contribution in [2.75, 3.05) is 12.4 Å². The van der Waals surface area contributed by atoms with Gasteiger partial charge in [0, 0.05) is 19.3 Å². The van der Waals surface area contributed by atoms with Crippen LogP contribution in [0.25, 0.3) is 0 Å². The van der Waals surface area contributed by atoms with Crippen molar-refractivity contribution < 1.29 is 4.79 Å². The van der Waals surface area contributed by atoms with Crippen LogP contribution in [0.3, 0.4) is 0 Å². The molecule has 1 unspecified atom stereocenters. The van der Waals surface area contributed by atoms with E-state index in [4.69, 9.17) is 11.6 Å². The third-order valence-electron chi connectivity index (χ3n) is 3.74. The molecule has 1 atom stereocenters. The molecule has 3 nitrogen and oxygen atoms in total. The molecule has 1 aliphatic rings. The van der Waals surface area contributed by atoms with Crippen molar-refractivity contribution in [3.8, 4) is 0 Å². The first kappa shape index (κ1) is 14.0. The van der Waals surface area contributed by atoms with E-state index < -0.39 is 0 Å². The standard InChI is InChI=1S/C17H17ClN2O/c1-20-11-14-10-13(7-8-16(14)19-17(20)21)15(18)9-12-5-3-2-4-6-12/h2-8,10,15H,9,11H2,1H3,(H,19,21). The number of nitrogens with zero attached hydrogens (tertiary/aromatic N) is 1. The summed E-state index contributed by atoms with van der Waals surface area (Å²) in [6, 6.07) is 16.2. The summed E-state index contributed by atoms with van der Waals surface area (Å²) in [7, 11) is 1.78. The maximum Gasteiger partial charge on any atom is 0.321 e. The van der Waals surface area contributed by atoms with Crippen molar-refractivity contribution in [1.82, 2.24) is 4.90 Å². The molecule has 0 fully saturated rings. The van der Waals surface area contributed by atoms with Gasteiger partial charge in [0.15, 0.2) is 0 Å².